The van der Waals surface area contributed by atoms with Crippen LogP contribution in [-0.4, -0.2) is 57.0 Å². The van der Waals surface area contributed by atoms with Gasteiger partial charge in [-0.1, -0.05) is 60.6 Å². The number of phenols is 1. The average Bonchev–Trinajstić information content (AvgIpc) is 2.91. The van der Waals surface area contributed by atoms with Crippen LogP contribution < -0.4 is 10.9 Å². The molecule has 0 saturated heterocycles. The summed E-state index contributed by atoms with van der Waals surface area (Å²) in [5.41, 5.74) is 2.66. The van der Waals surface area contributed by atoms with Gasteiger partial charge < -0.3 is 20.1 Å². The molecule has 0 unspecified atom stereocenters. The van der Waals surface area contributed by atoms with Gasteiger partial charge in [-0.15, -0.1) is 0 Å². The number of ether oxygens (including phenoxy) is 1. The van der Waals surface area contributed by atoms with Gasteiger partial charge in [-0.2, -0.15) is 0 Å². The Morgan fingerprint density at radius 1 is 1.11 bits per heavy atom. The number of phenolic OH excluding ortho intramolecular Hbond substituents is 1. The van der Waals surface area contributed by atoms with Gasteiger partial charge in [-0.05, 0) is 30.5 Å². The Morgan fingerprint density at radius 3 is 2.66 bits per heavy atom. The molecule has 1 fully saturated rings. The fourth-order valence-corrected chi connectivity index (χ4v) is 5.95. The molecule has 1 aliphatic heterocycles. The van der Waals surface area contributed by atoms with Gasteiger partial charge in [0.1, 0.15) is 5.75 Å². The molecule has 2 N–H and O–H groups in total. The van der Waals surface area contributed by atoms with E-state index in [9.17, 15) is 14.7 Å². The Labute approximate surface area is 227 Å². The third kappa shape index (κ3) is 6.28. The smallest absolute Gasteiger partial charge is 0.264 e. The van der Waals surface area contributed by atoms with E-state index in [0.717, 1.165) is 24.1 Å². The highest BCUT2D eigenvalue weighted by Gasteiger charge is 2.29. The maximum Gasteiger partial charge on any atom is 0.264 e. The minimum Gasteiger partial charge on any atom is -0.506 e. The van der Waals surface area contributed by atoms with E-state index in [-0.39, 0.29) is 23.8 Å². The molecule has 1 aromatic heterocycles. The molecule has 200 valence electrons. The fraction of sp³-hybridized carbons (Fsp3) is 0.414. The lowest BCUT2D eigenvalue weighted by Gasteiger charge is -2.30. The monoisotopic (exact) mass is 534 g/mol. The molecule has 0 atom stereocenters. The van der Waals surface area contributed by atoms with Gasteiger partial charge in [0.2, 0.25) is 5.91 Å². The van der Waals surface area contributed by atoms with Crippen LogP contribution in [0.4, 0.5) is 0 Å². The van der Waals surface area contributed by atoms with Crippen molar-refractivity contribution in [1.82, 2.24) is 19.8 Å². The molecule has 9 heteroatoms. The van der Waals surface area contributed by atoms with Gasteiger partial charge in [0, 0.05) is 37.7 Å². The van der Waals surface area contributed by atoms with E-state index < -0.39 is 0 Å². The van der Waals surface area contributed by atoms with E-state index in [1.807, 2.05) is 30.3 Å². The summed E-state index contributed by atoms with van der Waals surface area (Å²) in [6.07, 6.45) is 4.30. The number of carbonyl (C=O) groups is 1. The van der Waals surface area contributed by atoms with Crippen molar-refractivity contribution >= 4 is 17.7 Å². The van der Waals surface area contributed by atoms with E-state index in [1.165, 1.54) is 11.0 Å². The molecule has 5 rings (SSSR count). The summed E-state index contributed by atoms with van der Waals surface area (Å²) in [5.74, 6) is 0.0455. The van der Waals surface area contributed by atoms with Crippen molar-refractivity contribution < 1.29 is 14.6 Å². The maximum atomic E-state index is 13.7. The number of para-hydroxylation sites is 2. The van der Waals surface area contributed by atoms with Crippen molar-refractivity contribution in [3.63, 3.8) is 0 Å². The number of carbonyl (C=O) groups excluding carboxylic acids is 1. The number of rotatable bonds is 11. The molecule has 2 heterocycles. The van der Waals surface area contributed by atoms with E-state index >= 15 is 0 Å². The molecule has 38 heavy (non-hydrogen) atoms. The molecule has 1 saturated carbocycles. The van der Waals surface area contributed by atoms with Crippen LogP contribution in [0.2, 0.25) is 0 Å². The predicted molar refractivity (Wildman–Crippen MR) is 148 cm³/mol. The zero-order valence-electron chi connectivity index (χ0n) is 21.5. The fourth-order valence-electron chi connectivity index (χ4n) is 4.64. The number of benzene rings is 2. The molecular formula is C29H34N4O4S. The van der Waals surface area contributed by atoms with Gasteiger partial charge in [0.15, 0.2) is 5.16 Å². The largest absolute Gasteiger partial charge is 0.506 e. The van der Waals surface area contributed by atoms with Crippen LogP contribution in [0, 0.1) is 0 Å². The number of nitrogens with one attached hydrogen (secondary N) is 1. The average molecular weight is 535 g/mol. The molecule has 2 aliphatic rings. The molecule has 2 aromatic carbocycles. The highest BCUT2D eigenvalue weighted by atomic mass is 32.2. The Kier molecular flexibility index (Phi) is 8.78. The summed E-state index contributed by atoms with van der Waals surface area (Å²) in [6, 6.07) is 16.9. The molecular weight excluding hydrogens is 500 g/mol. The molecule has 0 spiro atoms. The lowest BCUT2D eigenvalue weighted by atomic mass is 10.0. The molecule has 1 amide bonds. The quantitative estimate of drug-likeness (QED) is 0.286. The number of fused-ring (bicyclic) bond motifs is 1. The predicted octanol–water partition coefficient (Wildman–Crippen LogP) is 3.66. The second kappa shape index (κ2) is 12.6. The first-order valence-electron chi connectivity index (χ1n) is 13.3. The molecule has 1 aliphatic carbocycles. The maximum absolute atomic E-state index is 13.7. The van der Waals surface area contributed by atoms with Gasteiger partial charge in [0.25, 0.3) is 5.56 Å². The van der Waals surface area contributed by atoms with Crippen LogP contribution in [0.15, 0.2) is 64.5 Å². The van der Waals surface area contributed by atoms with Crippen molar-refractivity contribution in [3.05, 3.63) is 81.8 Å². The van der Waals surface area contributed by atoms with Crippen LogP contribution in [0.3, 0.4) is 0 Å². The van der Waals surface area contributed by atoms with E-state index in [2.05, 4.69) is 5.32 Å². The van der Waals surface area contributed by atoms with Gasteiger partial charge in [-0.25, -0.2) is 4.98 Å². The van der Waals surface area contributed by atoms with E-state index in [4.69, 9.17) is 9.72 Å². The number of thioether (sulfide) groups is 1. The van der Waals surface area contributed by atoms with Crippen LogP contribution in [0.1, 0.15) is 42.5 Å². The Balaban J connectivity index is 1.19. The first kappa shape index (κ1) is 26.5. The normalized spacial score (nSPS) is 15.2. The number of hydrogen-bond donors (Lipinski definition) is 2. The number of nitrogens with zero attached hydrogens (tertiary/aromatic N) is 3. The first-order chi connectivity index (χ1) is 18.6. The molecule has 0 radical (unpaired) electrons. The third-order valence-corrected chi connectivity index (χ3v) is 8.34. The van der Waals surface area contributed by atoms with Crippen molar-refractivity contribution in [1.29, 1.82) is 0 Å². The summed E-state index contributed by atoms with van der Waals surface area (Å²) >= 11 is 1.61. The highest BCUT2D eigenvalue weighted by Crippen LogP contribution is 2.37. The first-order valence-corrected chi connectivity index (χ1v) is 14.2. The lowest BCUT2D eigenvalue weighted by Crippen LogP contribution is -2.42. The molecule has 3 aromatic rings. The van der Waals surface area contributed by atoms with Crippen LogP contribution in [0.5, 0.6) is 5.75 Å². The number of aromatic hydroxyl groups is 1. The van der Waals surface area contributed by atoms with Crippen molar-refractivity contribution in [2.45, 2.75) is 55.7 Å². The van der Waals surface area contributed by atoms with Gasteiger partial charge >= 0.3 is 0 Å². The number of aromatic nitrogens is 2. The van der Waals surface area contributed by atoms with Crippen molar-refractivity contribution in [2.75, 3.05) is 26.2 Å². The topological polar surface area (TPSA) is 96.7 Å². The third-order valence-electron chi connectivity index (χ3n) is 7.05. The minimum atomic E-state index is -0.204. The second-order valence-corrected chi connectivity index (χ2v) is 11.0. The second-order valence-electron chi connectivity index (χ2n) is 9.72. The Bertz CT molecular complexity index is 1310. The Hall–Kier alpha value is -3.14. The lowest BCUT2D eigenvalue weighted by molar-refractivity contribution is -0.132. The summed E-state index contributed by atoms with van der Waals surface area (Å²) in [5, 5.41) is 14.8. The van der Waals surface area contributed by atoms with Crippen LogP contribution in [0.25, 0.3) is 5.69 Å². The molecule has 8 nitrogen and oxygen atoms in total. The van der Waals surface area contributed by atoms with Gasteiger partial charge in [0.05, 0.1) is 36.7 Å². The van der Waals surface area contributed by atoms with Gasteiger partial charge in [-0.3, -0.25) is 14.2 Å². The number of amides is 1. The Morgan fingerprint density at radius 2 is 1.89 bits per heavy atom. The van der Waals surface area contributed by atoms with Crippen LogP contribution in [-0.2, 0) is 29.1 Å². The van der Waals surface area contributed by atoms with E-state index in [0.29, 0.717) is 67.3 Å². The SMILES string of the molecule is O=C(CCNCCOCc1ccccc1)N1CCc2nc(SC3CCC3)n(-c3ccccc3O)c(=O)c2C1. The summed E-state index contributed by atoms with van der Waals surface area (Å²) < 4.78 is 7.20. The van der Waals surface area contributed by atoms with E-state index in [1.54, 1.807) is 40.9 Å². The zero-order chi connectivity index (χ0) is 26.3. The standard InChI is InChI=1S/C29H34N4O4S/c34-26-12-5-4-11-25(26)33-28(36)23-19-32(17-14-24(23)31-29(33)38-22-9-6-10-22)27(35)13-15-30-16-18-37-20-21-7-2-1-3-8-21/h1-5,7-8,11-12,22,30,34H,6,9-10,13-20H2. The van der Waals surface area contributed by atoms with Crippen molar-refractivity contribution in [2.24, 2.45) is 0 Å². The minimum absolute atomic E-state index is 0.00906. The number of hydrogen-bond acceptors (Lipinski definition) is 7. The van der Waals surface area contributed by atoms with Crippen molar-refractivity contribution in [3.8, 4) is 11.4 Å². The zero-order valence-corrected chi connectivity index (χ0v) is 22.3. The molecule has 0 bridgehead atoms. The summed E-state index contributed by atoms with van der Waals surface area (Å²) in [7, 11) is 0. The summed E-state index contributed by atoms with van der Waals surface area (Å²) in [6.45, 7) is 3.14. The van der Waals surface area contributed by atoms with Crippen LogP contribution >= 0.6 is 11.8 Å². The highest BCUT2D eigenvalue weighted by molar-refractivity contribution is 7.99. The summed E-state index contributed by atoms with van der Waals surface area (Å²) in [4.78, 5) is 33.3.